The van der Waals surface area contributed by atoms with Gasteiger partial charge in [-0.25, -0.2) is 0 Å². The highest BCUT2D eigenvalue weighted by Gasteiger charge is 2.31. The lowest BCUT2D eigenvalue weighted by Gasteiger charge is -2.38. The van der Waals surface area contributed by atoms with Gasteiger partial charge in [0.2, 0.25) is 0 Å². The molecule has 0 amide bonds. The molecule has 0 aliphatic carbocycles. The number of anilines is 1. The van der Waals surface area contributed by atoms with Crippen LogP contribution in [0.5, 0.6) is 5.75 Å². The first-order valence-corrected chi connectivity index (χ1v) is 5.54. The molecule has 0 saturated carbocycles. The Balaban J connectivity index is 2.36. The van der Waals surface area contributed by atoms with Crippen LogP contribution in [0.15, 0.2) is 18.2 Å². The van der Waals surface area contributed by atoms with Crippen LogP contribution in [0.25, 0.3) is 0 Å². The van der Waals surface area contributed by atoms with Crippen LogP contribution < -0.4 is 15.4 Å². The van der Waals surface area contributed by atoms with E-state index in [9.17, 15) is 10.1 Å². The number of para-hydroxylation sites is 1. The van der Waals surface area contributed by atoms with E-state index in [0.29, 0.717) is 31.1 Å². The summed E-state index contributed by atoms with van der Waals surface area (Å²) in [4.78, 5) is 12.6. The van der Waals surface area contributed by atoms with Gasteiger partial charge in [0, 0.05) is 19.1 Å². The Morgan fingerprint density at radius 1 is 1.59 bits per heavy atom. The molecule has 2 N–H and O–H groups in total. The Kier molecular flexibility index (Phi) is 3.14. The normalized spacial score (nSPS) is 15.5. The number of hydrogen-bond acceptors (Lipinski definition) is 5. The quantitative estimate of drug-likeness (QED) is 0.627. The van der Waals surface area contributed by atoms with Crippen molar-refractivity contribution in [3.8, 4) is 5.75 Å². The van der Waals surface area contributed by atoms with Gasteiger partial charge < -0.3 is 15.4 Å². The van der Waals surface area contributed by atoms with Crippen LogP contribution in [0.1, 0.15) is 6.92 Å². The predicted molar refractivity (Wildman–Crippen MR) is 64.5 cm³/mol. The maximum atomic E-state index is 11.1. The van der Waals surface area contributed by atoms with Crippen molar-refractivity contribution in [3.63, 3.8) is 0 Å². The summed E-state index contributed by atoms with van der Waals surface area (Å²) in [5.74, 6) is 0.315. The third-order valence-electron chi connectivity index (χ3n) is 2.71. The van der Waals surface area contributed by atoms with Crippen LogP contribution in [-0.2, 0) is 0 Å². The zero-order chi connectivity index (χ0) is 12.4. The van der Waals surface area contributed by atoms with E-state index in [0.717, 1.165) is 0 Å². The topological polar surface area (TPSA) is 81.6 Å². The van der Waals surface area contributed by atoms with Gasteiger partial charge in [0.1, 0.15) is 5.69 Å². The number of hydrogen-bond donors (Lipinski definition) is 1. The van der Waals surface area contributed by atoms with E-state index in [1.165, 1.54) is 0 Å². The fraction of sp³-hybridized carbons (Fsp3) is 0.455. The standard InChI is InChI=1S/C11H15N3O3/c1-2-17-10-5-3-4-9(11(10)14(15)16)13-6-8(12)7-13/h3-5,8H,2,6-7,12H2,1H3. The minimum Gasteiger partial charge on any atom is -0.487 e. The molecular weight excluding hydrogens is 222 g/mol. The molecule has 17 heavy (non-hydrogen) atoms. The number of benzene rings is 1. The molecule has 0 unspecified atom stereocenters. The Morgan fingerprint density at radius 2 is 2.29 bits per heavy atom. The van der Waals surface area contributed by atoms with Crippen molar-refractivity contribution in [3.05, 3.63) is 28.3 Å². The van der Waals surface area contributed by atoms with E-state index >= 15 is 0 Å². The van der Waals surface area contributed by atoms with Crippen LogP contribution in [0.3, 0.4) is 0 Å². The number of nitrogens with zero attached hydrogens (tertiary/aromatic N) is 2. The van der Waals surface area contributed by atoms with Crippen molar-refractivity contribution in [2.45, 2.75) is 13.0 Å². The molecule has 1 saturated heterocycles. The number of nitrogens with two attached hydrogens (primary N) is 1. The van der Waals surface area contributed by atoms with Crippen molar-refractivity contribution in [2.75, 3.05) is 24.6 Å². The molecule has 0 radical (unpaired) electrons. The fourth-order valence-corrected chi connectivity index (χ4v) is 1.93. The minimum atomic E-state index is -0.399. The van der Waals surface area contributed by atoms with E-state index < -0.39 is 4.92 Å². The lowest BCUT2D eigenvalue weighted by atomic mass is 10.1. The van der Waals surface area contributed by atoms with Crippen molar-refractivity contribution in [1.29, 1.82) is 0 Å². The third-order valence-corrected chi connectivity index (χ3v) is 2.71. The van der Waals surface area contributed by atoms with Crippen LogP contribution in [0.2, 0.25) is 0 Å². The summed E-state index contributed by atoms with van der Waals surface area (Å²) in [6.07, 6.45) is 0. The van der Waals surface area contributed by atoms with E-state index in [1.54, 1.807) is 25.1 Å². The number of rotatable bonds is 4. The largest absolute Gasteiger partial charge is 0.487 e. The highest BCUT2D eigenvalue weighted by molar-refractivity contribution is 5.70. The van der Waals surface area contributed by atoms with Gasteiger partial charge in [-0.05, 0) is 19.1 Å². The third kappa shape index (κ3) is 2.16. The van der Waals surface area contributed by atoms with Gasteiger partial charge in [-0.1, -0.05) is 6.07 Å². The highest BCUT2D eigenvalue weighted by Crippen LogP contribution is 2.38. The van der Waals surface area contributed by atoms with Gasteiger partial charge in [0.05, 0.1) is 11.5 Å². The van der Waals surface area contributed by atoms with Crippen LogP contribution in [0, 0.1) is 10.1 Å². The maximum absolute atomic E-state index is 11.1. The molecule has 1 heterocycles. The second-order valence-electron chi connectivity index (χ2n) is 3.98. The first-order valence-electron chi connectivity index (χ1n) is 5.54. The van der Waals surface area contributed by atoms with Crippen molar-refractivity contribution < 1.29 is 9.66 Å². The number of nitro benzene ring substituents is 1. The van der Waals surface area contributed by atoms with Gasteiger partial charge in [-0.3, -0.25) is 10.1 Å². The second-order valence-corrected chi connectivity index (χ2v) is 3.98. The number of ether oxygens (including phenoxy) is 1. The van der Waals surface area contributed by atoms with E-state index in [2.05, 4.69) is 0 Å². The van der Waals surface area contributed by atoms with Crippen LogP contribution >= 0.6 is 0 Å². The Bertz CT molecular complexity index is 430. The molecule has 0 atom stereocenters. The van der Waals surface area contributed by atoms with Gasteiger partial charge >= 0.3 is 5.69 Å². The molecule has 1 aromatic carbocycles. The summed E-state index contributed by atoms with van der Waals surface area (Å²) < 4.78 is 5.28. The molecule has 6 heteroatoms. The van der Waals surface area contributed by atoms with Crippen LogP contribution in [0.4, 0.5) is 11.4 Å². The van der Waals surface area contributed by atoms with Gasteiger partial charge in [0.15, 0.2) is 5.75 Å². The van der Waals surface area contributed by atoms with Crippen molar-refractivity contribution >= 4 is 11.4 Å². The first-order chi connectivity index (χ1) is 8.13. The highest BCUT2D eigenvalue weighted by atomic mass is 16.6. The number of nitro groups is 1. The summed E-state index contributed by atoms with van der Waals surface area (Å²) in [5.41, 5.74) is 6.30. The average molecular weight is 237 g/mol. The summed E-state index contributed by atoms with van der Waals surface area (Å²) in [6, 6.07) is 5.21. The molecule has 0 spiro atoms. The minimum absolute atomic E-state index is 0.0289. The smallest absolute Gasteiger partial charge is 0.333 e. The first kappa shape index (κ1) is 11.7. The second kappa shape index (κ2) is 4.58. The lowest BCUT2D eigenvalue weighted by molar-refractivity contribution is -0.385. The zero-order valence-electron chi connectivity index (χ0n) is 9.63. The molecule has 2 rings (SSSR count). The molecule has 6 nitrogen and oxygen atoms in total. The Morgan fingerprint density at radius 3 is 2.82 bits per heavy atom. The summed E-state index contributed by atoms with van der Waals surface area (Å²) >= 11 is 0. The lowest BCUT2D eigenvalue weighted by Crippen LogP contribution is -2.56. The Labute approximate surface area is 99.1 Å². The Hall–Kier alpha value is -1.82. The average Bonchev–Trinajstić information content (AvgIpc) is 2.24. The monoisotopic (exact) mass is 237 g/mol. The van der Waals surface area contributed by atoms with Crippen LogP contribution in [-0.4, -0.2) is 30.7 Å². The summed E-state index contributed by atoms with van der Waals surface area (Å²) in [7, 11) is 0. The predicted octanol–water partition coefficient (Wildman–Crippen LogP) is 1.14. The van der Waals surface area contributed by atoms with Crippen molar-refractivity contribution in [1.82, 2.24) is 0 Å². The maximum Gasteiger partial charge on any atom is 0.333 e. The van der Waals surface area contributed by atoms with E-state index in [-0.39, 0.29) is 11.7 Å². The van der Waals surface area contributed by atoms with E-state index in [4.69, 9.17) is 10.5 Å². The van der Waals surface area contributed by atoms with Gasteiger partial charge in [-0.2, -0.15) is 0 Å². The molecule has 1 aliphatic rings. The molecule has 1 aliphatic heterocycles. The summed E-state index contributed by atoms with van der Waals surface area (Å²) in [6.45, 7) is 3.51. The molecule has 0 aromatic heterocycles. The molecule has 1 aromatic rings. The van der Waals surface area contributed by atoms with E-state index in [1.807, 2.05) is 4.90 Å². The zero-order valence-corrected chi connectivity index (χ0v) is 9.63. The fourth-order valence-electron chi connectivity index (χ4n) is 1.93. The molecule has 0 bridgehead atoms. The molecule has 92 valence electrons. The SMILES string of the molecule is CCOc1cccc(N2CC(N)C2)c1[N+](=O)[O-]. The van der Waals surface area contributed by atoms with Gasteiger partial charge in [0.25, 0.3) is 0 Å². The molecule has 1 fully saturated rings. The van der Waals surface area contributed by atoms with Crippen molar-refractivity contribution in [2.24, 2.45) is 5.73 Å². The van der Waals surface area contributed by atoms with Gasteiger partial charge in [-0.15, -0.1) is 0 Å². The molecular formula is C11H15N3O3. The summed E-state index contributed by atoms with van der Waals surface area (Å²) in [5, 5.41) is 11.1.